The Morgan fingerprint density at radius 2 is 1.45 bits per heavy atom. The third kappa shape index (κ3) is 4.42. The van der Waals surface area contributed by atoms with Crippen LogP contribution in [0.4, 0.5) is 0 Å². The zero-order chi connectivity index (χ0) is 14.2. The Bertz CT molecular complexity index is 511. The minimum absolute atomic E-state index is 0.163. The van der Waals surface area contributed by atoms with Crippen LogP contribution < -0.4 is 0 Å². The van der Waals surface area contributed by atoms with Crippen LogP contribution in [0, 0.1) is 0 Å². The maximum Gasteiger partial charge on any atom is 0.162 e. The smallest absolute Gasteiger partial charge is 0.162 e. The average Bonchev–Trinajstić information content (AvgIpc) is 2.53. The number of hydrogen-bond donors (Lipinski definition) is 0. The van der Waals surface area contributed by atoms with Gasteiger partial charge in [0.15, 0.2) is 5.78 Å². The molecular weight excluding hydrogens is 268 g/mol. The van der Waals surface area contributed by atoms with Gasteiger partial charge in [0.1, 0.15) is 0 Å². The van der Waals surface area contributed by atoms with Gasteiger partial charge in [-0.3, -0.25) is 9.00 Å². The Hall–Kier alpha value is -1.74. The third-order valence-electron chi connectivity index (χ3n) is 3.09. The third-order valence-corrected chi connectivity index (χ3v) is 4.54. The van der Waals surface area contributed by atoms with Gasteiger partial charge in [-0.1, -0.05) is 48.5 Å². The Morgan fingerprint density at radius 3 is 2.10 bits per heavy atom. The zero-order valence-corrected chi connectivity index (χ0v) is 12.1. The summed E-state index contributed by atoms with van der Waals surface area (Å²) in [5, 5.41) is 0. The normalized spacial score (nSPS) is 12.0. The van der Waals surface area contributed by atoms with E-state index in [-0.39, 0.29) is 5.78 Å². The summed E-state index contributed by atoms with van der Waals surface area (Å²) in [7, 11) is -0.954. The molecule has 2 aromatic rings. The van der Waals surface area contributed by atoms with Crippen LogP contribution >= 0.6 is 0 Å². The maximum atomic E-state index is 12.0. The van der Waals surface area contributed by atoms with Crippen LogP contribution in [-0.4, -0.2) is 15.7 Å². The Morgan fingerprint density at radius 1 is 0.850 bits per heavy atom. The van der Waals surface area contributed by atoms with Gasteiger partial charge in [0.2, 0.25) is 0 Å². The number of carbonyl (C=O) groups excluding carboxylic acids is 1. The Balaban J connectivity index is 1.72. The quantitative estimate of drug-likeness (QED) is 0.572. The molecule has 2 nitrogen and oxygen atoms in total. The van der Waals surface area contributed by atoms with Crippen LogP contribution in [0.15, 0.2) is 65.6 Å². The van der Waals surface area contributed by atoms with Gasteiger partial charge in [0.05, 0.1) is 10.8 Å². The topological polar surface area (TPSA) is 34.1 Å². The highest BCUT2D eigenvalue weighted by atomic mass is 32.2. The van der Waals surface area contributed by atoms with Crippen molar-refractivity contribution in [1.82, 2.24) is 0 Å². The number of hydrogen-bond acceptors (Lipinski definition) is 2. The first-order chi connectivity index (χ1) is 9.77. The summed E-state index contributed by atoms with van der Waals surface area (Å²) in [5.74, 6) is 0.780. The van der Waals surface area contributed by atoms with E-state index in [1.807, 2.05) is 60.7 Å². The number of carbonyl (C=O) groups is 1. The van der Waals surface area contributed by atoms with Crippen LogP contribution in [0.25, 0.3) is 0 Å². The summed E-state index contributed by atoms with van der Waals surface area (Å²) in [4.78, 5) is 12.7. The molecule has 2 aromatic carbocycles. The van der Waals surface area contributed by atoms with Gasteiger partial charge in [-0.05, 0) is 25.0 Å². The van der Waals surface area contributed by atoms with Crippen molar-refractivity contribution in [3.05, 3.63) is 66.2 Å². The molecule has 0 aliphatic carbocycles. The van der Waals surface area contributed by atoms with E-state index in [1.54, 1.807) is 0 Å². The second-order valence-corrected chi connectivity index (χ2v) is 6.18. The number of rotatable bonds is 7. The van der Waals surface area contributed by atoms with Crippen LogP contribution in [0.1, 0.15) is 29.6 Å². The van der Waals surface area contributed by atoms with E-state index in [2.05, 4.69) is 0 Å². The molecule has 0 heterocycles. The molecule has 0 radical (unpaired) electrons. The van der Waals surface area contributed by atoms with Crippen molar-refractivity contribution in [2.45, 2.75) is 24.2 Å². The Labute approximate surface area is 122 Å². The van der Waals surface area contributed by atoms with Crippen LogP contribution in [0.3, 0.4) is 0 Å². The van der Waals surface area contributed by atoms with Gasteiger partial charge in [-0.15, -0.1) is 0 Å². The molecule has 1 atom stereocenters. The van der Waals surface area contributed by atoms with E-state index in [1.165, 1.54) is 0 Å². The molecule has 0 fully saturated rings. The molecule has 0 spiro atoms. The first kappa shape index (κ1) is 14.7. The largest absolute Gasteiger partial charge is 0.294 e. The molecule has 0 N–H and O–H groups in total. The molecule has 104 valence electrons. The van der Waals surface area contributed by atoms with Crippen molar-refractivity contribution in [3.63, 3.8) is 0 Å². The number of ketones is 1. The summed E-state index contributed by atoms with van der Waals surface area (Å²) < 4.78 is 12.0. The first-order valence-electron chi connectivity index (χ1n) is 6.79. The molecule has 0 aliphatic rings. The van der Waals surface area contributed by atoms with Crippen molar-refractivity contribution in [2.24, 2.45) is 0 Å². The minimum atomic E-state index is -0.954. The van der Waals surface area contributed by atoms with Crippen molar-refractivity contribution in [3.8, 4) is 0 Å². The van der Waals surface area contributed by atoms with Crippen LogP contribution in [0.2, 0.25) is 0 Å². The zero-order valence-electron chi connectivity index (χ0n) is 11.3. The molecule has 0 aromatic heterocycles. The van der Waals surface area contributed by atoms with E-state index in [0.29, 0.717) is 12.2 Å². The van der Waals surface area contributed by atoms with Crippen molar-refractivity contribution in [2.75, 3.05) is 5.75 Å². The van der Waals surface area contributed by atoms with Crippen molar-refractivity contribution in [1.29, 1.82) is 0 Å². The summed E-state index contributed by atoms with van der Waals surface area (Å²) in [5.41, 5.74) is 0.761. The highest BCUT2D eigenvalue weighted by Gasteiger charge is 2.06. The van der Waals surface area contributed by atoms with Crippen LogP contribution in [-0.2, 0) is 10.8 Å². The number of benzene rings is 2. The summed E-state index contributed by atoms with van der Waals surface area (Å²) in [6.45, 7) is 0. The summed E-state index contributed by atoms with van der Waals surface area (Å²) in [6.07, 6.45) is 2.11. The molecular formula is C17H18O2S. The molecule has 2 rings (SSSR count). The number of Topliss-reactive ketones (excluding diaryl/α,β-unsaturated/α-hetero) is 1. The fraction of sp³-hybridized carbons (Fsp3) is 0.235. The lowest BCUT2D eigenvalue weighted by atomic mass is 10.1. The fourth-order valence-electron chi connectivity index (χ4n) is 1.98. The highest BCUT2D eigenvalue weighted by Crippen LogP contribution is 2.10. The van der Waals surface area contributed by atoms with Gasteiger partial charge in [-0.2, -0.15) is 0 Å². The van der Waals surface area contributed by atoms with Gasteiger partial charge in [0, 0.05) is 22.6 Å². The first-order valence-corrected chi connectivity index (χ1v) is 8.11. The van der Waals surface area contributed by atoms with Crippen molar-refractivity contribution < 1.29 is 9.00 Å². The second kappa shape index (κ2) is 7.75. The lowest BCUT2D eigenvalue weighted by molar-refractivity contribution is 0.0980. The van der Waals surface area contributed by atoms with E-state index < -0.39 is 10.8 Å². The molecule has 0 amide bonds. The molecule has 0 saturated carbocycles. The highest BCUT2D eigenvalue weighted by molar-refractivity contribution is 7.85. The minimum Gasteiger partial charge on any atom is -0.294 e. The lowest BCUT2D eigenvalue weighted by Gasteiger charge is -2.03. The average molecular weight is 286 g/mol. The molecule has 0 bridgehead atoms. The van der Waals surface area contributed by atoms with E-state index >= 15 is 0 Å². The second-order valence-electron chi connectivity index (χ2n) is 4.61. The monoisotopic (exact) mass is 286 g/mol. The fourth-order valence-corrected chi connectivity index (χ4v) is 3.14. The van der Waals surface area contributed by atoms with E-state index in [9.17, 15) is 9.00 Å². The Kier molecular flexibility index (Phi) is 5.69. The predicted molar refractivity (Wildman–Crippen MR) is 82.3 cm³/mol. The molecule has 0 aliphatic heterocycles. The van der Waals surface area contributed by atoms with Gasteiger partial charge >= 0.3 is 0 Å². The van der Waals surface area contributed by atoms with Gasteiger partial charge in [-0.25, -0.2) is 0 Å². The standard InChI is InChI=1S/C17H18O2S/c18-17(15-9-3-1-4-10-15)13-7-8-14-20(19)16-11-5-2-6-12-16/h1-6,9-12H,7-8,13-14H2. The summed E-state index contributed by atoms with van der Waals surface area (Å²) in [6, 6.07) is 18.8. The SMILES string of the molecule is O=C(CCCCS(=O)c1ccccc1)c1ccccc1. The van der Waals surface area contributed by atoms with Gasteiger partial charge in [0.25, 0.3) is 0 Å². The lowest BCUT2D eigenvalue weighted by Crippen LogP contribution is -2.02. The molecule has 3 heteroatoms. The predicted octanol–water partition coefficient (Wildman–Crippen LogP) is 3.85. The van der Waals surface area contributed by atoms with Crippen LogP contribution in [0.5, 0.6) is 0 Å². The molecule has 0 saturated heterocycles. The summed E-state index contributed by atoms with van der Waals surface area (Å²) >= 11 is 0. The van der Waals surface area contributed by atoms with Crippen molar-refractivity contribution >= 4 is 16.6 Å². The maximum absolute atomic E-state index is 12.0. The van der Waals surface area contributed by atoms with E-state index in [0.717, 1.165) is 23.3 Å². The number of unbranched alkanes of at least 4 members (excludes halogenated alkanes) is 1. The molecule has 20 heavy (non-hydrogen) atoms. The van der Waals surface area contributed by atoms with Gasteiger partial charge < -0.3 is 0 Å². The molecule has 1 unspecified atom stereocenters. The van der Waals surface area contributed by atoms with E-state index in [4.69, 9.17) is 0 Å².